The summed E-state index contributed by atoms with van der Waals surface area (Å²) in [6.07, 6.45) is 1.84. The van der Waals surface area contributed by atoms with E-state index in [4.69, 9.17) is 21.1 Å². The number of hydrogen-bond donors (Lipinski definition) is 1. The van der Waals surface area contributed by atoms with Gasteiger partial charge in [0, 0.05) is 24.2 Å². The van der Waals surface area contributed by atoms with Crippen molar-refractivity contribution in [1.29, 1.82) is 0 Å². The van der Waals surface area contributed by atoms with E-state index in [9.17, 15) is 0 Å². The maximum Gasteiger partial charge on any atom is 0.203 e. The molecule has 1 heterocycles. The predicted molar refractivity (Wildman–Crippen MR) is 101 cm³/mol. The van der Waals surface area contributed by atoms with Crippen molar-refractivity contribution in [2.24, 2.45) is 7.05 Å². The Morgan fingerprint density at radius 2 is 1.84 bits per heavy atom. The predicted octanol–water partition coefficient (Wildman–Crippen LogP) is 4.37. The molecule has 3 aromatic rings. The zero-order valence-electron chi connectivity index (χ0n) is 14.4. The average Bonchev–Trinajstić information content (AvgIpc) is 3.01. The topological polar surface area (TPSA) is 48.3 Å². The second-order valence-electron chi connectivity index (χ2n) is 5.56. The number of aromatic nitrogens is 2. The highest BCUT2D eigenvalue weighted by Crippen LogP contribution is 2.26. The summed E-state index contributed by atoms with van der Waals surface area (Å²) < 4.78 is 12.7. The van der Waals surface area contributed by atoms with Gasteiger partial charge in [-0.3, -0.25) is 0 Å². The normalized spacial score (nSPS) is 10.6. The molecule has 0 amide bonds. The van der Waals surface area contributed by atoms with Crippen LogP contribution >= 0.6 is 11.6 Å². The highest BCUT2D eigenvalue weighted by atomic mass is 35.5. The Labute approximate surface area is 152 Å². The molecule has 5 nitrogen and oxygen atoms in total. The van der Waals surface area contributed by atoms with Crippen LogP contribution in [0.1, 0.15) is 5.56 Å². The van der Waals surface area contributed by atoms with Gasteiger partial charge >= 0.3 is 0 Å². The molecule has 0 atom stereocenters. The van der Waals surface area contributed by atoms with Crippen molar-refractivity contribution in [2.45, 2.75) is 6.54 Å². The molecule has 0 unspecified atom stereocenters. The minimum atomic E-state index is 0.575. The standard InChI is InChI=1S/C19H20ClN3O2/c1-23-17(13-4-6-15(20)7-5-13)12-22-19(23)21-11-14-10-16(24-2)8-9-18(14)25-3/h4-10,12H,11H2,1-3H3,(H,21,22). The maximum atomic E-state index is 5.96. The van der Waals surface area contributed by atoms with E-state index in [0.29, 0.717) is 6.54 Å². The quantitative estimate of drug-likeness (QED) is 0.711. The third kappa shape index (κ3) is 3.72. The van der Waals surface area contributed by atoms with Crippen molar-refractivity contribution < 1.29 is 9.47 Å². The largest absolute Gasteiger partial charge is 0.497 e. The summed E-state index contributed by atoms with van der Waals surface area (Å²) in [5, 5.41) is 4.06. The van der Waals surface area contributed by atoms with Crippen LogP contribution in [0.25, 0.3) is 11.3 Å². The second-order valence-corrected chi connectivity index (χ2v) is 6.00. The molecule has 0 spiro atoms. The Morgan fingerprint density at radius 3 is 2.52 bits per heavy atom. The zero-order chi connectivity index (χ0) is 17.8. The fourth-order valence-electron chi connectivity index (χ4n) is 2.66. The number of imidazole rings is 1. The molecule has 0 aliphatic heterocycles. The smallest absolute Gasteiger partial charge is 0.203 e. The van der Waals surface area contributed by atoms with Crippen molar-refractivity contribution in [2.75, 3.05) is 19.5 Å². The molecule has 2 aromatic carbocycles. The number of ether oxygens (including phenoxy) is 2. The number of hydrogen-bond acceptors (Lipinski definition) is 4. The van der Waals surface area contributed by atoms with Crippen LogP contribution in [0.5, 0.6) is 11.5 Å². The third-order valence-electron chi connectivity index (χ3n) is 4.05. The molecule has 0 radical (unpaired) electrons. The van der Waals surface area contributed by atoms with Gasteiger partial charge in [0.25, 0.3) is 0 Å². The summed E-state index contributed by atoms with van der Waals surface area (Å²) in [4.78, 5) is 4.47. The van der Waals surface area contributed by atoms with Crippen LogP contribution in [0.3, 0.4) is 0 Å². The minimum Gasteiger partial charge on any atom is -0.497 e. The molecule has 0 aliphatic rings. The van der Waals surface area contributed by atoms with Gasteiger partial charge in [-0.05, 0) is 35.9 Å². The van der Waals surface area contributed by atoms with Gasteiger partial charge in [-0.2, -0.15) is 0 Å². The number of rotatable bonds is 6. The first-order valence-electron chi connectivity index (χ1n) is 7.85. The van der Waals surface area contributed by atoms with Gasteiger partial charge in [-0.25, -0.2) is 4.98 Å². The second kappa shape index (κ2) is 7.49. The lowest BCUT2D eigenvalue weighted by Crippen LogP contribution is -2.07. The number of nitrogens with one attached hydrogen (secondary N) is 1. The Morgan fingerprint density at radius 1 is 1.08 bits per heavy atom. The number of halogens is 1. The average molecular weight is 358 g/mol. The fraction of sp³-hybridized carbons (Fsp3) is 0.211. The molecular formula is C19H20ClN3O2. The lowest BCUT2D eigenvalue weighted by Gasteiger charge is -2.12. The molecule has 3 rings (SSSR count). The van der Waals surface area contributed by atoms with Crippen LogP contribution < -0.4 is 14.8 Å². The molecule has 0 saturated carbocycles. The Balaban J connectivity index is 1.80. The lowest BCUT2D eigenvalue weighted by molar-refractivity contribution is 0.399. The molecule has 0 fully saturated rings. The summed E-state index contributed by atoms with van der Waals surface area (Å²) in [6.45, 7) is 0.575. The van der Waals surface area contributed by atoms with E-state index >= 15 is 0 Å². The van der Waals surface area contributed by atoms with Gasteiger partial charge < -0.3 is 19.4 Å². The molecule has 0 bridgehead atoms. The van der Waals surface area contributed by atoms with Crippen LogP contribution in [-0.2, 0) is 13.6 Å². The van der Waals surface area contributed by atoms with Gasteiger partial charge in [0.15, 0.2) is 0 Å². The van der Waals surface area contributed by atoms with E-state index in [0.717, 1.165) is 39.3 Å². The van der Waals surface area contributed by atoms with Crippen LogP contribution in [0.4, 0.5) is 5.95 Å². The van der Waals surface area contributed by atoms with Gasteiger partial charge in [0.05, 0.1) is 26.1 Å². The summed E-state index contributed by atoms with van der Waals surface area (Å²) in [5.41, 5.74) is 3.07. The van der Waals surface area contributed by atoms with Gasteiger partial charge in [-0.15, -0.1) is 0 Å². The highest BCUT2D eigenvalue weighted by molar-refractivity contribution is 6.30. The van der Waals surface area contributed by atoms with E-state index in [1.165, 1.54) is 0 Å². The zero-order valence-corrected chi connectivity index (χ0v) is 15.2. The van der Waals surface area contributed by atoms with Crippen molar-refractivity contribution in [3.63, 3.8) is 0 Å². The molecule has 0 saturated heterocycles. The third-order valence-corrected chi connectivity index (χ3v) is 4.30. The Bertz CT molecular complexity index is 860. The number of methoxy groups -OCH3 is 2. The van der Waals surface area contributed by atoms with Crippen molar-refractivity contribution >= 4 is 17.5 Å². The monoisotopic (exact) mass is 357 g/mol. The molecule has 130 valence electrons. The van der Waals surface area contributed by atoms with E-state index in [1.54, 1.807) is 14.2 Å². The SMILES string of the molecule is COc1ccc(OC)c(CNc2ncc(-c3ccc(Cl)cc3)n2C)c1. The molecule has 0 aliphatic carbocycles. The first-order chi connectivity index (χ1) is 12.1. The van der Waals surface area contributed by atoms with E-state index < -0.39 is 0 Å². The Hall–Kier alpha value is -2.66. The van der Waals surface area contributed by atoms with E-state index in [2.05, 4.69) is 10.3 Å². The molecule has 25 heavy (non-hydrogen) atoms. The molecule has 6 heteroatoms. The first-order valence-corrected chi connectivity index (χ1v) is 8.22. The van der Waals surface area contributed by atoms with Crippen LogP contribution in [0.2, 0.25) is 5.02 Å². The van der Waals surface area contributed by atoms with Gasteiger partial charge in [0.1, 0.15) is 11.5 Å². The van der Waals surface area contributed by atoms with Crippen LogP contribution in [0, 0.1) is 0 Å². The summed E-state index contributed by atoms with van der Waals surface area (Å²) >= 11 is 5.96. The number of benzene rings is 2. The van der Waals surface area contributed by atoms with E-state index in [-0.39, 0.29) is 0 Å². The highest BCUT2D eigenvalue weighted by Gasteiger charge is 2.10. The minimum absolute atomic E-state index is 0.575. The Kier molecular flexibility index (Phi) is 5.14. The van der Waals surface area contributed by atoms with Crippen molar-refractivity contribution in [3.05, 3.63) is 59.2 Å². The first kappa shape index (κ1) is 17.2. The summed E-state index contributed by atoms with van der Waals surface area (Å²) in [5.74, 6) is 2.37. The number of nitrogens with zero attached hydrogens (tertiary/aromatic N) is 2. The fourth-order valence-corrected chi connectivity index (χ4v) is 2.78. The summed E-state index contributed by atoms with van der Waals surface area (Å²) in [7, 11) is 5.28. The van der Waals surface area contributed by atoms with E-state index in [1.807, 2.05) is 60.3 Å². The molecule has 1 aromatic heterocycles. The molecular weight excluding hydrogens is 338 g/mol. The van der Waals surface area contributed by atoms with Crippen LogP contribution in [-0.4, -0.2) is 23.8 Å². The lowest BCUT2D eigenvalue weighted by atomic mass is 10.2. The summed E-state index contributed by atoms with van der Waals surface area (Å²) in [6, 6.07) is 13.4. The maximum absolute atomic E-state index is 5.96. The van der Waals surface area contributed by atoms with Crippen molar-refractivity contribution in [3.8, 4) is 22.8 Å². The van der Waals surface area contributed by atoms with Gasteiger partial charge in [-0.1, -0.05) is 23.7 Å². The van der Waals surface area contributed by atoms with Crippen molar-refractivity contribution in [1.82, 2.24) is 9.55 Å². The number of anilines is 1. The van der Waals surface area contributed by atoms with Gasteiger partial charge in [0.2, 0.25) is 5.95 Å². The molecule has 1 N–H and O–H groups in total. The van der Waals surface area contributed by atoms with Crippen LogP contribution in [0.15, 0.2) is 48.7 Å².